The Morgan fingerprint density at radius 3 is 1.77 bits per heavy atom. The Kier molecular flexibility index (Phi) is 13.8. The number of hydrogen-bond acceptors (Lipinski definition) is 9. The highest BCUT2D eigenvalue weighted by Gasteiger charge is 2.29. The monoisotopic (exact) mass is 508 g/mol. The third kappa shape index (κ3) is 11.4. The van der Waals surface area contributed by atoms with Gasteiger partial charge in [0.1, 0.15) is 11.4 Å². The number of halogens is 1. The smallest absolute Gasteiger partial charge is 0.356 e. The molecule has 10 nitrogen and oxygen atoms in total. The number of nitrogens with zero attached hydrogens (tertiary/aromatic N) is 2. The van der Waals surface area contributed by atoms with Crippen LogP contribution in [0.4, 0.5) is 11.4 Å². The van der Waals surface area contributed by atoms with Gasteiger partial charge in [-0.25, -0.2) is 19.6 Å². The number of carbonyl (C=O) groups excluding carboxylic acids is 4. The Labute approximate surface area is 210 Å². The molecule has 0 bridgehead atoms. The molecule has 11 heteroatoms. The Balaban J connectivity index is 0.000000530. The highest BCUT2D eigenvalue weighted by molar-refractivity contribution is 6.64. The lowest BCUT2D eigenvalue weighted by Gasteiger charge is -2.04. The van der Waals surface area contributed by atoms with E-state index in [0.717, 1.165) is 25.7 Å². The number of ether oxygens (including phenoxy) is 2. The first kappa shape index (κ1) is 31.5. The zero-order chi connectivity index (χ0) is 24.4. The Hall–Kier alpha value is -3.53. The quantitative estimate of drug-likeness (QED) is 0.449. The van der Waals surface area contributed by atoms with Crippen LogP contribution in [0.3, 0.4) is 0 Å². The first-order valence-corrected chi connectivity index (χ1v) is 10.5. The summed E-state index contributed by atoms with van der Waals surface area (Å²) < 4.78 is 8.98. The van der Waals surface area contributed by atoms with Crippen molar-refractivity contribution in [3.63, 3.8) is 0 Å². The van der Waals surface area contributed by atoms with Crippen LogP contribution in [-0.2, 0) is 19.1 Å². The molecule has 4 rings (SSSR count). The molecular weight excluding hydrogens is 476 g/mol. The number of nitrogen functional groups attached to an aromatic ring is 1. The molecular formula is C24H33ClN4O6. The van der Waals surface area contributed by atoms with Gasteiger partial charge in [0.25, 0.3) is 0 Å². The van der Waals surface area contributed by atoms with Gasteiger partial charge in [0.15, 0.2) is 0 Å². The van der Waals surface area contributed by atoms with Gasteiger partial charge in [-0.3, -0.25) is 9.59 Å². The van der Waals surface area contributed by atoms with E-state index in [1.807, 2.05) is 0 Å². The van der Waals surface area contributed by atoms with Crippen molar-refractivity contribution in [1.29, 1.82) is 0 Å². The van der Waals surface area contributed by atoms with E-state index in [1.165, 1.54) is 38.7 Å². The predicted octanol–water partition coefficient (Wildman–Crippen LogP) is 4.10. The SMILES string of the molecule is C.C.COC(=O)c1cc(N)ccn1.COC(=O)c1cc(NC(=O)C2CC2)ccn1.O=C(Cl)C1CC1. The van der Waals surface area contributed by atoms with E-state index in [4.69, 9.17) is 17.3 Å². The molecule has 0 saturated heterocycles. The second-order valence-electron chi connectivity index (χ2n) is 7.23. The van der Waals surface area contributed by atoms with E-state index < -0.39 is 11.9 Å². The van der Waals surface area contributed by atoms with Crippen molar-refractivity contribution in [2.75, 3.05) is 25.3 Å². The summed E-state index contributed by atoms with van der Waals surface area (Å²) >= 11 is 5.04. The normalized spacial score (nSPS) is 13.0. The molecule has 192 valence electrons. The largest absolute Gasteiger partial charge is 0.464 e. The minimum Gasteiger partial charge on any atom is -0.464 e. The highest BCUT2D eigenvalue weighted by atomic mass is 35.5. The Morgan fingerprint density at radius 2 is 1.37 bits per heavy atom. The molecule has 35 heavy (non-hydrogen) atoms. The third-order valence-corrected chi connectivity index (χ3v) is 4.76. The molecule has 0 unspecified atom stereocenters. The van der Waals surface area contributed by atoms with Gasteiger partial charge in [-0.15, -0.1) is 0 Å². The fraction of sp³-hybridized carbons (Fsp3) is 0.417. The van der Waals surface area contributed by atoms with Crippen LogP contribution in [0.5, 0.6) is 0 Å². The van der Waals surface area contributed by atoms with Crippen molar-refractivity contribution >= 4 is 46.1 Å². The highest BCUT2D eigenvalue weighted by Crippen LogP contribution is 2.31. The van der Waals surface area contributed by atoms with Crippen molar-refractivity contribution < 1.29 is 28.7 Å². The molecule has 0 aliphatic heterocycles. The molecule has 0 spiro atoms. The minimum atomic E-state index is -0.512. The van der Waals surface area contributed by atoms with Crippen LogP contribution in [0, 0.1) is 11.8 Å². The second kappa shape index (κ2) is 15.4. The van der Waals surface area contributed by atoms with E-state index in [9.17, 15) is 19.2 Å². The van der Waals surface area contributed by atoms with E-state index in [2.05, 4.69) is 24.8 Å². The predicted molar refractivity (Wildman–Crippen MR) is 134 cm³/mol. The van der Waals surface area contributed by atoms with Gasteiger partial charge >= 0.3 is 11.9 Å². The number of carbonyl (C=O) groups is 4. The Morgan fingerprint density at radius 1 is 0.886 bits per heavy atom. The lowest BCUT2D eigenvalue weighted by Crippen LogP contribution is -2.14. The fourth-order valence-corrected chi connectivity index (χ4v) is 2.51. The molecule has 1 amide bonds. The van der Waals surface area contributed by atoms with Gasteiger partial charge in [-0.1, -0.05) is 14.9 Å². The van der Waals surface area contributed by atoms with Crippen LogP contribution in [0.2, 0.25) is 0 Å². The first-order chi connectivity index (χ1) is 15.7. The lowest BCUT2D eigenvalue weighted by atomic mass is 10.3. The third-order valence-electron chi connectivity index (χ3n) is 4.45. The van der Waals surface area contributed by atoms with E-state index in [1.54, 1.807) is 12.1 Å². The molecule has 2 saturated carbocycles. The van der Waals surface area contributed by atoms with Gasteiger partial charge in [-0.05, 0) is 61.5 Å². The lowest BCUT2D eigenvalue weighted by molar-refractivity contribution is -0.117. The summed E-state index contributed by atoms with van der Waals surface area (Å²) in [6, 6.07) is 6.22. The molecule has 2 aliphatic rings. The van der Waals surface area contributed by atoms with E-state index in [-0.39, 0.29) is 49.2 Å². The van der Waals surface area contributed by atoms with Crippen molar-refractivity contribution in [2.45, 2.75) is 40.5 Å². The molecule has 3 N–H and O–H groups in total. The molecule has 0 radical (unpaired) electrons. The average Bonchev–Trinajstić information content (AvgIpc) is 3.71. The number of nitrogens with one attached hydrogen (secondary N) is 1. The summed E-state index contributed by atoms with van der Waals surface area (Å²) in [4.78, 5) is 51.1. The number of methoxy groups -OCH3 is 2. The van der Waals surface area contributed by atoms with Crippen molar-refractivity contribution in [3.05, 3.63) is 48.0 Å². The molecule has 0 aromatic carbocycles. The maximum Gasteiger partial charge on any atom is 0.356 e. The number of pyridine rings is 2. The summed E-state index contributed by atoms with van der Waals surface area (Å²) in [6.07, 6.45) is 6.85. The van der Waals surface area contributed by atoms with Gasteiger partial charge in [0.05, 0.1) is 14.2 Å². The maximum atomic E-state index is 11.5. The summed E-state index contributed by atoms with van der Waals surface area (Å²) in [7, 11) is 2.59. The zero-order valence-corrected chi connectivity index (χ0v) is 19.0. The zero-order valence-electron chi connectivity index (χ0n) is 18.2. The molecule has 2 heterocycles. The summed E-state index contributed by atoms with van der Waals surface area (Å²) in [5.41, 5.74) is 6.90. The number of rotatable bonds is 5. The van der Waals surface area contributed by atoms with Gasteiger partial charge in [0.2, 0.25) is 11.1 Å². The van der Waals surface area contributed by atoms with Crippen LogP contribution in [0.1, 0.15) is 61.5 Å². The second-order valence-corrected chi connectivity index (χ2v) is 7.60. The number of nitrogens with two attached hydrogens (primary N) is 1. The van der Waals surface area contributed by atoms with Crippen LogP contribution in [-0.4, -0.2) is 47.3 Å². The van der Waals surface area contributed by atoms with Crippen molar-refractivity contribution in [2.24, 2.45) is 11.8 Å². The van der Waals surface area contributed by atoms with Crippen molar-refractivity contribution in [1.82, 2.24) is 9.97 Å². The molecule has 2 aliphatic carbocycles. The van der Waals surface area contributed by atoms with Gasteiger partial charge < -0.3 is 20.5 Å². The molecule has 2 fully saturated rings. The topological polar surface area (TPSA) is 151 Å². The maximum absolute atomic E-state index is 11.5. The first-order valence-electron chi connectivity index (χ1n) is 10.1. The summed E-state index contributed by atoms with van der Waals surface area (Å²) in [6.45, 7) is 0. The Bertz CT molecular complexity index is 1010. The van der Waals surface area contributed by atoms with Gasteiger partial charge in [0, 0.05) is 35.6 Å². The number of anilines is 2. The van der Waals surface area contributed by atoms with Crippen LogP contribution < -0.4 is 11.1 Å². The number of aromatic nitrogens is 2. The van der Waals surface area contributed by atoms with Crippen LogP contribution in [0.25, 0.3) is 0 Å². The number of esters is 2. The molecule has 2 aromatic rings. The van der Waals surface area contributed by atoms with Crippen molar-refractivity contribution in [3.8, 4) is 0 Å². The summed E-state index contributed by atoms with van der Waals surface area (Å²) in [5, 5.41) is 2.58. The number of amides is 1. The molecule has 2 aromatic heterocycles. The molecule has 0 atom stereocenters. The van der Waals surface area contributed by atoms with Crippen LogP contribution in [0.15, 0.2) is 36.7 Å². The minimum absolute atomic E-state index is 0. The standard InChI is InChI=1S/C11H12N2O3.C7H8N2O2.C4H5ClO.2CH4/c1-16-11(15)9-6-8(4-5-12-9)13-10(14)7-2-3-7;1-11-7(10)6-4-5(8)2-3-9-6;5-4(6)3-1-2-3;;/h4-7H,2-3H2,1H3,(H,12,13,14);2-4H,1H3,(H2,8,9);3H,1-2H2;2*1H4. The fourth-order valence-electron chi connectivity index (χ4n) is 2.29. The summed E-state index contributed by atoms with van der Waals surface area (Å²) in [5.74, 6) is -0.622. The van der Waals surface area contributed by atoms with Gasteiger partial charge in [-0.2, -0.15) is 0 Å². The van der Waals surface area contributed by atoms with Crippen LogP contribution >= 0.6 is 11.6 Å². The van der Waals surface area contributed by atoms with E-state index in [0.29, 0.717) is 11.4 Å². The number of hydrogen-bond donors (Lipinski definition) is 2. The van der Waals surface area contributed by atoms with E-state index >= 15 is 0 Å². The average molecular weight is 509 g/mol.